The molecule has 4 nitrogen and oxygen atoms in total. The first-order valence-electron chi connectivity index (χ1n) is 12.1. The van der Waals surface area contributed by atoms with Crippen molar-refractivity contribution in [1.29, 1.82) is 0 Å². The van der Waals surface area contributed by atoms with Gasteiger partial charge in [0.15, 0.2) is 0 Å². The van der Waals surface area contributed by atoms with Crippen molar-refractivity contribution in [2.75, 3.05) is 38.4 Å². The van der Waals surface area contributed by atoms with Crippen LogP contribution in [0.2, 0.25) is 0 Å². The molecule has 2 aromatic carbocycles. The third kappa shape index (κ3) is 12.5. The number of hydrogen-bond acceptors (Lipinski definition) is 4. The van der Waals surface area contributed by atoms with E-state index in [0.29, 0.717) is 38.3 Å². The SMILES string of the molecule is CC(C)COCC(Br)COc1c(Br)cc(Cc2cc(Br)c(OCC(CBr)OCC(C)C)c(Br)c2)cc1Br. The van der Waals surface area contributed by atoms with Gasteiger partial charge in [-0.05, 0) is 117 Å². The summed E-state index contributed by atoms with van der Waals surface area (Å²) in [5.41, 5.74) is 2.30. The van der Waals surface area contributed by atoms with Crippen LogP contribution in [0, 0.1) is 11.8 Å². The van der Waals surface area contributed by atoms with Gasteiger partial charge < -0.3 is 18.9 Å². The summed E-state index contributed by atoms with van der Waals surface area (Å²) >= 11 is 21.9. The average molecular weight is 902 g/mol. The van der Waals surface area contributed by atoms with Crippen LogP contribution < -0.4 is 9.47 Å². The molecule has 2 aromatic rings. The second-order valence-corrected chi connectivity index (χ2v) is 15.0. The van der Waals surface area contributed by atoms with Gasteiger partial charge >= 0.3 is 0 Å². The van der Waals surface area contributed by atoms with Crippen LogP contribution >= 0.6 is 95.6 Å². The van der Waals surface area contributed by atoms with Gasteiger partial charge in [-0.1, -0.05) is 59.6 Å². The van der Waals surface area contributed by atoms with Crippen molar-refractivity contribution in [1.82, 2.24) is 0 Å². The Morgan fingerprint density at radius 3 is 1.54 bits per heavy atom. The lowest BCUT2D eigenvalue weighted by molar-refractivity contribution is 0.0214. The van der Waals surface area contributed by atoms with Gasteiger partial charge in [0, 0.05) is 18.5 Å². The number of benzene rings is 2. The molecule has 0 aliphatic heterocycles. The van der Waals surface area contributed by atoms with Gasteiger partial charge in [-0.25, -0.2) is 0 Å². The second-order valence-electron chi connectivity index (χ2n) is 9.61. The molecule has 0 amide bonds. The van der Waals surface area contributed by atoms with E-state index in [1.165, 1.54) is 0 Å². The third-order valence-electron chi connectivity index (χ3n) is 4.93. The molecule has 2 atom stereocenters. The van der Waals surface area contributed by atoms with Crippen molar-refractivity contribution in [3.05, 3.63) is 53.3 Å². The molecule has 0 radical (unpaired) electrons. The summed E-state index contributed by atoms with van der Waals surface area (Å²) in [4.78, 5) is 0.117. The van der Waals surface area contributed by atoms with Crippen LogP contribution in [0.5, 0.6) is 11.5 Å². The second kappa shape index (κ2) is 17.6. The van der Waals surface area contributed by atoms with E-state index in [1.807, 2.05) is 0 Å². The maximum absolute atomic E-state index is 6.10. The molecule has 10 heteroatoms. The molecule has 37 heavy (non-hydrogen) atoms. The minimum absolute atomic E-state index is 0.0105. The predicted molar refractivity (Wildman–Crippen MR) is 174 cm³/mol. The van der Waals surface area contributed by atoms with E-state index in [1.54, 1.807) is 0 Å². The van der Waals surface area contributed by atoms with E-state index >= 15 is 0 Å². The van der Waals surface area contributed by atoms with E-state index < -0.39 is 0 Å². The lowest BCUT2D eigenvalue weighted by atomic mass is 10.0. The van der Waals surface area contributed by atoms with Gasteiger partial charge in [-0.2, -0.15) is 0 Å². The first kappa shape index (κ1) is 34.0. The molecule has 0 heterocycles. The fraction of sp³-hybridized carbons (Fsp3) is 0.556. The van der Waals surface area contributed by atoms with Crippen molar-refractivity contribution in [3.8, 4) is 11.5 Å². The minimum Gasteiger partial charge on any atom is -0.490 e. The van der Waals surface area contributed by atoms with Gasteiger partial charge in [0.1, 0.15) is 30.8 Å². The van der Waals surface area contributed by atoms with Crippen LogP contribution in [0.3, 0.4) is 0 Å². The van der Waals surface area contributed by atoms with Crippen molar-refractivity contribution in [3.63, 3.8) is 0 Å². The Morgan fingerprint density at radius 2 is 1.11 bits per heavy atom. The Kier molecular flexibility index (Phi) is 16.2. The molecule has 0 fully saturated rings. The molecule has 2 rings (SSSR count). The zero-order chi connectivity index (χ0) is 27.5. The quantitative estimate of drug-likeness (QED) is 0.157. The summed E-state index contributed by atoms with van der Waals surface area (Å²) in [5, 5.41) is 0.721. The van der Waals surface area contributed by atoms with E-state index in [-0.39, 0.29) is 10.9 Å². The topological polar surface area (TPSA) is 36.9 Å². The summed E-state index contributed by atoms with van der Waals surface area (Å²) < 4.78 is 27.4. The molecular weight excluding hydrogens is 868 g/mol. The van der Waals surface area contributed by atoms with E-state index in [9.17, 15) is 0 Å². The maximum Gasteiger partial charge on any atom is 0.147 e. The lowest BCUT2D eigenvalue weighted by Crippen LogP contribution is -2.25. The highest BCUT2D eigenvalue weighted by atomic mass is 79.9. The number of halogens is 6. The molecule has 0 bridgehead atoms. The molecule has 0 saturated heterocycles. The van der Waals surface area contributed by atoms with Gasteiger partial charge in [0.2, 0.25) is 0 Å². The molecule has 0 aliphatic carbocycles. The summed E-state index contributed by atoms with van der Waals surface area (Å²) in [6.07, 6.45) is 0.740. The van der Waals surface area contributed by atoms with Crippen LogP contribution in [0.25, 0.3) is 0 Å². The molecular formula is C27H34Br6O4. The van der Waals surface area contributed by atoms with Gasteiger partial charge in [0.25, 0.3) is 0 Å². The Bertz CT molecular complexity index is 939. The van der Waals surface area contributed by atoms with E-state index in [4.69, 9.17) is 18.9 Å². The van der Waals surface area contributed by atoms with Crippen LogP contribution in [0.1, 0.15) is 38.8 Å². The fourth-order valence-electron chi connectivity index (χ4n) is 3.24. The van der Waals surface area contributed by atoms with Crippen LogP contribution in [0.15, 0.2) is 42.2 Å². The first-order chi connectivity index (χ1) is 17.5. The van der Waals surface area contributed by atoms with E-state index in [0.717, 1.165) is 58.9 Å². The highest BCUT2D eigenvalue weighted by Gasteiger charge is 2.16. The molecule has 0 saturated carbocycles. The Labute approximate surface area is 272 Å². The molecule has 0 spiro atoms. The highest BCUT2D eigenvalue weighted by molar-refractivity contribution is 9.11. The van der Waals surface area contributed by atoms with Crippen LogP contribution in [0.4, 0.5) is 0 Å². The summed E-state index contributed by atoms with van der Waals surface area (Å²) in [7, 11) is 0. The number of alkyl halides is 2. The third-order valence-corrected chi connectivity index (χ3v) is 8.54. The summed E-state index contributed by atoms with van der Waals surface area (Å²) in [5.74, 6) is 2.55. The lowest BCUT2D eigenvalue weighted by Gasteiger charge is -2.19. The number of ether oxygens (including phenoxy) is 4. The molecule has 0 aliphatic rings. The van der Waals surface area contributed by atoms with Crippen molar-refractivity contribution in [2.45, 2.75) is 45.0 Å². The van der Waals surface area contributed by atoms with E-state index in [2.05, 4.69) is 148 Å². The van der Waals surface area contributed by atoms with Gasteiger partial charge in [-0.15, -0.1) is 0 Å². The zero-order valence-corrected chi connectivity index (χ0v) is 31.0. The van der Waals surface area contributed by atoms with Crippen molar-refractivity contribution >= 4 is 95.6 Å². The predicted octanol–water partition coefficient (Wildman–Crippen LogP) is 9.96. The van der Waals surface area contributed by atoms with Crippen molar-refractivity contribution in [2.24, 2.45) is 11.8 Å². The molecule has 0 aromatic heterocycles. The Balaban J connectivity index is 2.01. The zero-order valence-electron chi connectivity index (χ0n) is 21.5. The maximum atomic E-state index is 6.10. The Morgan fingerprint density at radius 1 is 0.649 bits per heavy atom. The Hall–Kier alpha value is 0.840. The largest absolute Gasteiger partial charge is 0.490 e. The van der Waals surface area contributed by atoms with Crippen molar-refractivity contribution < 1.29 is 18.9 Å². The molecule has 2 unspecified atom stereocenters. The number of hydrogen-bond donors (Lipinski definition) is 0. The smallest absolute Gasteiger partial charge is 0.147 e. The minimum atomic E-state index is -0.0105. The number of rotatable bonds is 16. The fourth-order valence-corrected chi connectivity index (χ4v) is 6.95. The highest BCUT2D eigenvalue weighted by Crippen LogP contribution is 2.38. The normalized spacial score (nSPS) is 13.3. The average Bonchev–Trinajstić information content (AvgIpc) is 2.79. The van der Waals surface area contributed by atoms with Gasteiger partial charge in [-0.3, -0.25) is 0 Å². The van der Waals surface area contributed by atoms with Crippen LogP contribution in [-0.4, -0.2) is 49.3 Å². The standard InChI is InChI=1S/C27H34Br6O4/c1-16(2)11-34-13-20(29)14-36-26-22(30)6-18(7-23(26)31)5-19-8-24(32)27(25(33)9-19)37-15-21(10-28)35-12-17(3)4/h6-9,16-17,20-21H,5,10-15H2,1-4H3. The molecule has 208 valence electrons. The molecule has 0 N–H and O–H groups in total. The van der Waals surface area contributed by atoms with Crippen LogP contribution in [-0.2, 0) is 15.9 Å². The monoisotopic (exact) mass is 896 g/mol. The summed E-state index contributed by atoms with van der Waals surface area (Å²) in [6.45, 7) is 11.6. The summed E-state index contributed by atoms with van der Waals surface area (Å²) in [6, 6.07) is 8.38. The first-order valence-corrected chi connectivity index (χ1v) is 17.3. The van der Waals surface area contributed by atoms with Gasteiger partial charge in [0.05, 0.1) is 29.3 Å².